The molecule has 6 heteroatoms. The van der Waals surface area contributed by atoms with E-state index in [2.05, 4.69) is 30.0 Å². The van der Waals surface area contributed by atoms with E-state index >= 15 is 0 Å². The van der Waals surface area contributed by atoms with Gasteiger partial charge in [0.2, 0.25) is 0 Å². The first-order valence-corrected chi connectivity index (χ1v) is 9.47. The number of halogens is 1. The van der Waals surface area contributed by atoms with E-state index in [-0.39, 0.29) is 16.9 Å². The molecule has 0 spiro atoms. The molecule has 2 heterocycles. The van der Waals surface area contributed by atoms with Crippen LogP contribution in [0.1, 0.15) is 18.9 Å². The van der Waals surface area contributed by atoms with Gasteiger partial charge in [-0.25, -0.2) is 0 Å². The molecule has 2 aromatic rings. The lowest BCUT2D eigenvalue weighted by molar-refractivity contribution is -0.0254. The number of rotatable bonds is 7. The summed E-state index contributed by atoms with van der Waals surface area (Å²) in [6.07, 6.45) is 2.17. The van der Waals surface area contributed by atoms with Crippen LogP contribution in [0.3, 0.4) is 0 Å². The van der Waals surface area contributed by atoms with Gasteiger partial charge in [-0.1, -0.05) is 30.7 Å². The Morgan fingerprint density at radius 1 is 1.35 bits per heavy atom. The van der Waals surface area contributed by atoms with E-state index in [0.717, 1.165) is 42.7 Å². The predicted octanol–water partition coefficient (Wildman–Crippen LogP) is 2.55. The van der Waals surface area contributed by atoms with E-state index < -0.39 is 0 Å². The molecule has 4 nitrogen and oxygen atoms in total. The Kier molecular flexibility index (Phi) is 5.11. The molecule has 1 saturated heterocycles. The number of aliphatic hydroxyl groups excluding tert-OH is 1. The quantitative estimate of drug-likeness (QED) is 0.777. The molecular weight excluding hydrogens is 332 g/mol. The molecule has 0 saturated carbocycles. The molecule has 0 bridgehead atoms. The van der Waals surface area contributed by atoms with Crippen molar-refractivity contribution in [3.8, 4) is 0 Å². The fourth-order valence-electron chi connectivity index (χ4n) is 3.30. The Hall–Kier alpha value is -0.880. The molecule has 1 N–H and O–H groups in total. The number of nitrogens with zero attached hydrogens (tertiary/aromatic N) is 2. The van der Waals surface area contributed by atoms with Crippen molar-refractivity contribution < 1.29 is 5.11 Å². The number of benzene rings is 1. The maximum absolute atomic E-state index is 12.3. The van der Waals surface area contributed by atoms with Gasteiger partial charge < -0.3 is 10.0 Å². The molecule has 0 amide bonds. The molecule has 3 rings (SSSR count). The molecule has 0 aliphatic carbocycles. The molecule has 1 aromatic carbocycles. The van der Waals surface area contributed by atoms with E-state index in [1.807, 2.05) is 4.57 Å². The van der Waals surface area contributed by atoms with Crippen molar-refractivity contribution in [2.75, 3.05) is 32.1 Å². The Morgan fingerprint density at radius 3 is 2.78 bits per heavy atom. The van der Waals surface area contributed by atoms with Gasteiger partial charge in [0.1, 0.15) is 0 Å². The van der Waals surface area contributed by atoms with Crippen LogP contribution in [0.4, 0.5) is 0 Å². The number of aliphatic hydroxyl groups is 1. The summed E-state index contributed by atoms with van der Waals surface area (Å²) in [6, 6.07) is 6.35. The second-order valence-corrected chi connectivity index (χ2v) is 7.83. The second kappa shape index (κ2) is 6.93. The van der Waals surface area contributed by atoms with Crippen molar-refractivity contribution in [3.63, 3.8) is 0 Å². The third-order valence-electron chi connectivity index (χ3n) is 4.65. The molecule has 0 unspecified atom stereocenters. The fourth-order valence-corrected chi connectivity index (χ4v) is 4.53. The number of thiazole rings is 1. The van der Waals surface area contributed by atoms with E-state index in [1.54, 1.807) is 0 Å². The lowest BCUT2D eigenvalue weighted by Gasteiger charge is -2.48. The number of likely N-dealkylation sites (tertiary alicyclic amines) is 1. The van der Waals surface area contributed by atoms with Gasteiger partial charge in [-0.3, -0.25) is 9.36 Å². The zero-order chi connectivity index (χ0) is 16.4. The Bertz CT molecular complexity index is 728. The molecule has 23 heavy (non-hydrogen) atoms. The zero-order valence-electron chi connectivity index (χ0n) is 13.4. The number of aryl methyl sites for hydroxylation is 1. The topological polar surface area (TPSA) is 45.5 Å². The Labute approximate surface area is 145 Å². The van der Waals surface area contributed by atoms with Gasteiger partial charge in [0.05, 0.1) is 16.8 Å². The molecule has 1 aliphatic heterocycles. The van der Waals surface area contributed by atoms with E-state index in [1.165, 1.54) is 16.9 Å². The van der Waals surface area contributed by atoms with Crippen LogP contribution in [0.2, 0.25) is 0 Å². The number of hydrogen-bond donors (Lipinski definition) is 1. The maximum Gasteiger partial charge on any atom is 0.308 e. The van der Waals surface area contributed by atoms with Crippen molar-refractivity contribution in [2.24, 2.45) is 5.41 Å². The normalized spacial score (nSPS) is 17.5. The van der Waals surface area contributed by atoms with Crippen LogP contribution in [0.5, 0.6) is 0 Å². The van der Waals surface area contributed by atoms with Crippen molar-refractivity contribution in [2.45, 2.75) is 26.3 Å². The minimum absolute atomic E-state index is 0.111. The third kappa shape index (κ3) is 3.33. The molecule has 126 valence electrons. The maximum atomic E-state index is 12.3. The minimum Gasteiger partial charge on any atom is -0.396 e. The summed E-state index contributed by atoms with van der Waals surface area (Å²) in [5, 5.41) is 9.40. The van der Waals surface area contributed by atoms with Gasteiger partial charge >= 0.3 is 4.87 Å². The van der Waals surface area contributed by atoms with Crippen LogP contribution in [0, 0.1) is 5.41 Å². The number of hydrogen-bond acceptors (Lipinski definition) is 4. The van der Waals surface area contributed by atoms with E-state index in [0.29, 0.717) is 12.4 Å². The second-order valence-electron chi connectivity index (χ2n) is 6.57. The van der Waals surface area contributed by atoms with Gasteiger partial charge in [0, 0.05) is 37.5 Å². The summed E-state index contributed by atoms with van der Waals surface area (Å²) >= 11 is 7.26. The smallest absolute Gasteiger partial charge is 0.308 e. The first kappa shape index (κ1) is 17.0. The Morgan fingerprint density at radius 2 is 2.13 bits per heavy atom. The minimum atomic E-state index is -0.141. The van der Waals surface area contributed by atoms with Gasteiger partial charge in [-0.05, 0) is 24.1 Å². The number of aromatic nitrogens is 1. The SMILES string of the molecule is CCCc1ccc2c(c1)sc(=O)n2CCN1CC(CO)(CCl)C1. The van der Waals surface area contributed by atoms with Crippen LogP contribution in [0.15, 0.2) is 23.0 Å². The number of alkyl halides is 1. The van der Waals surface area contributed by atoms with Gasteiger partial charge in [0.25, 0.3) is 0 Å². The lowest BCUT2D eigenvalue weighted by Crippen LogP contribution is -2.59. The largest absolute Gasteiger partial charge is 0.396 e. The summed E-state index contributed by atoms with van der Waals surface area (Å²) in [4.78, 5) is 14.6. The highest BCUT2D eigenvalue weighted by Gasteiger charge is 2.41. The summed E-state index contributed by atoms with van der Waals surface area (Å²) in [5.74, 6) is 0.488. The van der Waals surface area contributed by atoms with E-state index in [9.17, 15) is 9.90 Å². The highest BCUT2D eigenvalue weighted by atomic mass is 35.5. The van der Waals surface area contributed by atoms with Crippen molar-refractivity contribution in [3.05, 3.63) is 33.4 Å². The average molecular weight is 355 g/mol. The van der Waals surface area contributed by atoms with Crippen LogP contribution in [-0.4, -0.2) is 46.7 Å². The Balaban J connectivity index is 1.69. The van der Waals surface area contributed by atoms with Gasteiger partial charge in [-0.2, -0.15) is 0 Å². The number of fused-ring (bicyclic) bond motifs is 1. The average Bonchev–Trinajstić information content (AvgIpc) is 2.82. The fraction of sp³-hybridized carbons (Fsp3) is 0.588. The van der Waals surface area contributed by atoms with Gasteiger partial charge in [-0.15, -0.1) is 11.6 Å². The molecule has 0 atom stereocenters. The molecular formula is C17H23ClN2O2S. The van der Waals surface area contributed by atoms with E-state index in [4.69, 9.17) is 11.6 Å². The lowest BCUT2D eigenvalue weighted by atomic mass is 9.83. The zero-order valence-corrected chi connectivity index (χ0v) is 15.0. The highest BCUT2D eigenvalue weighted by Crippen LogP contribution is 2.31. The predicted molar refractivity (Wildman–Crippen MR) is 96.8 cm³/mol. The molecule has 1 aliphatic rings. The molecule has 1 fully saturated rings. The van der Waals surface area contributed by atoms with Gasteiger partial charge in [0.15, 0.2) is 0 Å². The third-order valence-corrected chi connectivity index (χ3v) is 6.16. The van der Waals surface area contributed by atoms with Crippen LogP contribution < -0.4 is 4.87 Å². The first-order chi connectivity index (χ1) is 11.1. The molecule has 1 aromatic heterocycles. The van der Waals surface area contributed by atoms with Crippen molar-refractivity contribution >= 4 is 33.2 Å². The summed E-state index contributed by atoms with van der Waals surface area (Å²) in [5.41, 5.74) is 2.19. The summed E-state index contributed by atoms with van der Waals surface area (Å²) in [6.45, 7) is 5.43. The van der Waals surface area contributed by atoms with Crippen LogP contribution >= 0.6 is 22.9 Å². The standard InChI is InChI=1S/C17H23ClN2O2S/c1-2-3-13-4-5-14-15(8-13)23-16(22)20(14)7-6-19-10-17(9-18,11-19)12-21/h4-5,8,21H,2-3,6-7,9-12H2,1H3. The summed E-state index contributed by atoms with van der Waals surface area (Å²) < 4.78 is 2.95. The summed E-state index contributed by atoms with van der Waals surface area (Å²) in [7, 11) is 0. The molecule has 0 radical (unpaired) electrons. The van der Waals surface area contributed by atoms with Crippen molar-refractivity contribution in [1.82, 2.24) is 9.47 Å². The van der Waals surface area contributed by atoms with Crippen LogP contribution in [0.25, 0.3) is 10.2 Å². The monoisotopic (exact) mass is 354 g/mol. The highest BCUT2D eigenvalue weighted by molar-refractivity contribution is 7.16. The van der Waals surface area contributed by atoms with Crippen molar-refractivity contribution in [1.29, 1.82) is 0 Å². The first-order valence-electron chi connectivity index (χ1n) is 8.12. The van der Waals surface area contributed by atoms with Crippen LogP contribution in [-0.2, 0) is 13.0 Å².